The van der Waals surface area contributed by atoms with Gasteiger partial charge in [-0.1, -0.05) is 6.07 Å². The second-order valence-electron chi connectivity index (χ2n) is 6.41. The molecule has 3 nitrogen and oxygen atoms in total. The van der Waals surface area contributed by atoms with Crippen LogP contribution in [0.1, 0.15) is 32.6 Å². The highest BCUT2D eigenvalue weighted by Crippen LogP contribution is 2.39. The lowest BCUT2D eigenvalue weighted by molar-refractivity contribution is -0.132. The number of rotatable bonds is 4. The first kappa shape index (κ1) is 14.7. The van der Waals surface area contributed by atoms with Crippen LogP contribution in [0.3, 0.4) is 0 Å². The van der Waals surface area contributed by atoms with Crippen LogP contribution >= 0.6 is 11.3 Å². The van der Waals surface area contributed by atoms with Gasteiger partial charge in [0.1, 0.15) is 5.60 Å². The summed E-state index contributed by atoms with van der Waals surface area (Å²) in [5, 5.41) is 2.08. The monoisotopic (exact) mass is 281 g/mol. The summed E-state index contributed by atoms with van der Waals surface area (Å²) in [5.41, 5.74) is -1.04. The van der Waals surface area contributed by atoms with Crippen molar-refractivity contribution in [1.82, 2.24) is 4.90 Å². The molecule has 19 heavy (non-hydrogen) atoms. The van der Waals surface area contributed by atoms with Crippen molar-refractivity contribution in [1.29, 1.82) is 0 Å². The van der Waals surface area contributed by atoms with Crippen LogP contribution in [0.2, 0.25) is 0 Å². The zero-order valence-electron chi connectivity index (χ0n) is 12.4. The molecule has 1 aromatic heterocycles. The van der Waals surface area contributed by atoms with Gasteiger partial charge in [0.05, 0.1) is 11.5 Å². The summed E-state index contributed by atoms with van der Waals surface area (Å²) < 4.78 is 5.92. The van der Waals surface area contributed by atoms with Gasteiger partial charge in [-0.15, -0.1) is 11.3 Å². The molecule has 1 aromatic rings. The zero-order chi connectivity index (χ0) is 14.3. The number of nitrogens with zero attached hydrogens (tertiary/aromatic N) is 1. The van der Waals surface area contributed by atoms with Crippen LogP contribution in [0.15, 0.2) is 17.5 Å². The van der Waals surface area contributed by atoms with Crippen LogP contribution in [0.5, 0.6) is 0 Å². The summed E-state index contributed by atoms with van der Waals surface area (Å²) in [5.74, 6) is 0.156. The minimum Gasteiger partial charge on any atom is -0.361 e. The molecular formula is C15H23NO2S. The van der Waals surface area contributed by atoms with Crippen LogP contribution in [0.25, 0.3) is 0 Å². The van der Waals surface area contributed by atoms with Gasteiger partial charge in [0.25, 0.3) is 0 Å². The predicted molar refractivity (Wildman–Crippen MR) is 78.4 cm³/mol. The topological polar surface area (TPSA) is 29.5 Å². The van der Waals surface area contributed by atoms with E-state index in [1.165, 1.54) is 4.88 Å². The van der Waals surface area contributed by atoms with E-state index in [-0.39, 0.29) is 17.3 Å². The minimum absolute atomic E-state index is 0.0625. The van der Waals surface area contributed by atoms with E-state index in [9.17, 15) is 4.79 Å². The van der Waals surface area contributed by atoms with Crippen LogP contribution in [0, 0.1) is 5.92 Å². The lowest BCUT2D eigenvalue weighted by Gasteiger charge is -2.28. The second-order valence-corrected chi connectivity index (χ2v) is 7.44. The number of thiophene rings is 1. The van der Waals surface area contributed by atoms with Gasteiger partial charge >= 0.3 is 0 Å². The van der Waals surface area contributed by atoms with Crippen molar-refractivity contribution in [3.05, 3.63) is 22.4 Å². The van der Waals surface area contributed by atoms with Crippen LogP contribution in [-0.2, 0) is 16.1 Å². The molecule has 1 aliphatic heterocycles. The van der Waals surface area contributed by atoms with E-state index < -0.39 is 5.60 Å². The molecule has 1 saturated heterocycles. The van der Waals surface area contributed by atoms with E-state index in [0.717, 1.165) is 13.1 Å². The Balaban J connectivity index is 2.03. The van der Waals surface area contributed by atoms with Gasteiger partial charge in [0.15, 0.2) is 5.78 Å². The van der Waals surface area contributed by atoms with Gasteiger partial charge in [-0.2, -0.15) is 0 Å². The Morgan fingerprint density at radius 1 is 1.37 bits per heavy atom. The molecule has 0 saturated carbocycles. The summed E-state index contributed by atoms with van der Waals surface area (Å²) in [4.78, 5) is 16.0. The number of hydrogen-bond donors (Lipinski definition) is 0. The van der Waals surface area contributed by atoms with E-state index in [4.69, 9.17) is 4.74 Å². The summed E-state index contributed by atoms with van der Waals surface area (Å²) in [7, 11) is 2.06. The van der Waals surface area contributed by atoms with E-state index in [1.54, 1.807) is 11.3 Å². The third-order valence-corrected chi connectivity index (χ3v) is 4.63. The van der Waals surface area contributed by atoms with Crippen LogP contribution < -0.4 is 0 Å². The first-order chi connectivity index (χ1) is 8.72. The van der Waals surface area contributed by atoms with Crippen molar-refractivity contribution in [2.75, 3.05) is 13.6 Å². The first-order valence-corrected chi connectivity index (χ1v) is 7.56. The SMILES string of the molecule is CN(Cc1cccs1)CC1C(=O)C(C)(C)OC1(C)C. The number of hydrogen-bond acceptors (Lipinski definition) is 4. The fourth-order valence-corrected chi connectivity index (χ4v) is 3.65. The Morgan fingerprint density at radius 3 is 2.53 bits per heavy atom. The Hall–Kier alpha value is -0.710. The Labute approximate surface area is 119 Å². The smallest absolute Gasteiger partial charge is 0.171 e. The molecular weight excluding hydrogens is 258 g/mol. The van der Waals surface area contributed by atoms with Gasteiger partial charge in [-0.25, -0.2) is 0 Å². The van der Waals surface area contributed by atoms with E-state index in [0.29, 0.717) is 0 Å². The van der Waals surface area contributed by atoms with Gasteiger partial charge in [0, 0.05) is 18.0 Å². The van der Waals surface area contributed by atoms with Crippen LogP contribution in [-0.4, -0.2) is 35.5 Å². The van der Waals surface area contributed by atoms with Gasteiger partial charge < -0.3 is 9.64 Å². The lowest BCUT2D eigenvalue weighted by Crippen LogP contribution is -2.39. The highest BCUT2D eigenvalue weighted by atomic mass is 32.1. The van der Waals surface area contributed by atoms with Crippen LogP contribution in [0.4, 0.5) is 0 Å². The number of carbonyl (C=O) groups excluding carboxylic acids is 1. The third kappa shape index (κ3) is 3.07. The molecule has 1 unspecified atom stereocenters. The molecule has 1 fully saturated rings. The number of carbonyl (C=O) groups is 1. The van der Waals surface area contributed by atoms with Crippen molar-refractivity contribution in [3.63, 3.8) is 0 Å². The maximum absolute atomic E-state index is 12.4. The third-order valence-electron chi connectivity index (χ3n) is 3.77. The van der Waals surface area contributed by atoms with Crippen molar-refractivity contribution in [3.8, 4) is 0 Å². The molecule has 2 rings (SSSR count). The highest BCUT2D eigenvalue weighted by Gasteiger charge is 2.53. The Morgan fingerprint density at radius 2 is 2.05 bits per heavy atom. The van der Waals surface area contributed by atoms with Crippen molar-refractivity contribution in [2.24, 2.45) is 5.92 Å². The number of Topliss-reactive ketones (excluding diaryl/α,β-unsaturated/α-hetero) is 1. The van der Waals surface area contributed by atoms with E-state index in [1.807, 2.05) is 27.7 Å². The average molecular weight is 281 g/mol. The minimum atomic E-state index is -0.655. The average Bonchev–Trinajstić information content (AvgIpc) is 2.80. The predicted octanol–water partition coefficient (Wildman–Crippen LogP) is 2.95. The Bertz CT molecular complexity index is 451. The molecule has 0 aliphatic carbocycles. The molecule has 0 bridgehead atoms. The normalized spacial score (nSPS) is 25.2. The molecule has 4 heteroatoms. The molecule has 0 radical (unpaired) electrons. The van der Waals surface area contributed by atoms with Crippen molar-refractivity contribution < 1.29 is 9.53 Å². The molecule has 106 valence electrons. The summed E-state index contributed by atoms with van der Waals surface area (Å²) in [6.45, 7) is 9.41. The summed E-state index contributed by atoms with van der Waals surface area (Å²) in [6.07, 6.45) is 0. The fraction of sp³-hybridized carbons (Fsp3) is 0.667. The first-order valence-electron chi connectivity index (χ1n) is 6.68. The molecule has 2 heterocycles. The summed E-state index contributed by atoms with van der Waals surface area (Å²) in [6, 6.07) is 4.19. The van der Waals surface area contributed by atoms with Gasteiger partial charge in [0.2, 0.25) is 0 Å². The summed E-state index contributed by atoms with van der Waals surface area (Å²) >= 11 is 1.75. The van der Waals surface area contributed by atoms with Crippen molar-refractivity contribution >= 4 is 17.1 Å². The quantitative estimate of drug-likeness (QED) is 0.850. The largest absolute Gasteiger partial charge is 0.361 e. The maximum atomic E-state index is 12.4. The molecule has 1 atom stereocenters. The van der Waals surface area contributed by atoms with Gasteiger partial charge in [-0.05, 0) is 46.2 Å². The second kappa shape index (κ2) is 5.00. The molecule has 1 aliphatic rings. The van der Waals surface area contributed by atoms with E-state index in [2.05, 4.69) is 29.5 Å². The standard InChI is InChI=1S/C15H23NO2S/c1-14(2)12(13(17)15(3,4)18-14)10-16(5)9-11-7-6-8-19-11/h6-8,12H,9-10H2,1-5H3. The fourth-order valence-electron chi connectivity index (χ4n) is 2.86. The Kier molecular flexibility index (Phi) is 3.87. The maximum Gasteiger partial charge on any atom is 0.171 e. The zero-order valence-corrected chi connectivity index (χ0v) is 13.2. The van der Waals surface area contributed by atoms with Gasteiger partial charge in [-0.3, -0.25) is 4.79 Å². The molecule has 0 aromatic carbocycles. The molecule has 0 amide bonds. The van der Waals surface area contributed by atoms with Crippen molar-refractivity contribution in [2.45, 2.75) is 45.4 Å². The number of ether oxygens (including phenoxy) is 1. The molecule has 0 N–H and O–H groups in total. The highest BCUT2D eigenvalue weighted by molar-refractivity contribution is 7.09. The van der Waals surface area contributed by atoms with E-state index >= 15 is 0 Å². The molecule has 0 spiro atoms. The lowest BCUT2D eigenvalue weighted by atomic mass is 9.85. The number of ketones is 1.